The minimum absolute atomic E-state index is 0.447. The number of hydrogen-bond donors (Lipinski definition) is 4. The summed E-state index contributed by atoms with van der Waals surface area (Å²) in [6.07, 6.45) is 0. The third-order valence-electron chi connectivity index (χ3n) is 2.59. The predicted molar refractivity (Wildman–Crippen MR) is 76.7 cm³/mol. The van der Waals surface area contributed by atoms with Crippen LogP contribution in [0.25, 0.3) is 0 Å². The third kappa shape index (κ3) is 3.86. The van der Waals surface area contributed by atoms with Crippen LogP contribution in [0.1, 0.15) is 0 Å². The number of rotatable bonds is 4. The molecule has 2 aromatic rings. The van der Waals surface area contributed by atoms with Gasteiger partial charge < -0.3 is 20.1 Å². The van der Waals surface area contributed by atoms with E-state index < -0.39 is 14.2 Å². The zero-order valence-corrected chi connectivity index (χ0v) is 10.8. The van der Waals surface area contributed by atoms with Gasteiger partial charge in [-0.15, -0.1) is 0 Å². The summed E-state index contributed by atoms with van der Waals surface area (Å²) in [4.78, 5) is 1.92. The summed E-state index contributed by atoms with van der Waals surface area (Å²) < 4.78 is 0. The molecule has 0 saturated heterocycles. The van der Waals surface area contributed by atoms with Gasteiger partial charge in [-0.3, -0.25) is 0 Å². The molecule has 0 aromatic heterocycles. The summed E-state index contributed by atoms with van der Waals surface area (Å²) >= 11 is 1.50. The Bertz CT molecular complexity index is 479. The molecule has 0 atom stereocenters. The SMILES string of the molecule is OB(O)c1ccc(Sc2ccc(B(O)O)cc2)cc1. The molecular formula is C12H12B2O4S. The average molecular weight is 274 g/mol. The van der Waals surface area contributed by atoms with Gasteiger partial charge in [-0.1, -0.05) is 36.0 Å². The van der Waals surface area contributed by atoms with Crippen molar-refractivity contribution in [2.24, 2.45) is 0 Å². The first-order valence-corrected chi connectivity index (χ1v) is 6.48. The van der Waals surface area contributed by atoms with E-state index >= 15 is 0 Å². The van der Waals surface area contributed by atoms with Gasteiger partial charge in [-0.25, -0.2) is 0 Å². The molecule has 7 heteroatoms. The van der Waals surface area contributed by atoms with Gasteiger partial charge in [0, 0.05) is 9.79 Å². The molecule has 0 radical (unpaired) electrons. The molecular weight excluding hydrogens is 262 g/mol. The molecule has 0 aliphatic heterocycles. The minimum Gasteiger partial charge on any atom is -0.423 e. The van der Waals surface area contributed by atoms with Crippen molar-refractivity contribution in [2.45, 2.75) is 9.79 Å². The maximum absolute atomic E-state index is 8.99. The van der Waals surface area contributed by atoms with Crippen LogP contribution in [0, 0.1) is 0 Å². The van der Waals surface area contributed by atoms with Crippen LogP contribution in [0.5, 0.6) is 0 Å². The Labute approximate surface area is 116 Å². The molecule has 19 heavy (non-hydrogen) atoms. The molecule has 0 unspecified atom stereocenters. The summed E-state index contributed by atoms with van der Waals surface area (Å²) in [5.41, 5.74) is 0.895. The van der Waals surface area contributed by atoms with Crippen LogP contribution >= 0.6 is 11.8 Å². The monoisotopic (exact) mass is 274 g/mol. The van der Waals surface area contributed by atoms with E-state index in [2.05, 4.69) is 0 Å². The lowest BCUT2D eigenvalue weighted by Gasteiger charge is -2.05. The molecule has 0 spiro atoms. The van der Waals surface area contributed by atoms with Crippen LogP contribution in [0.3, 0.4) is 0 Å². The normalized spacial score (nSPS) is 10.3. The van der Waals surface area contributed by atoms with Crippen molar-refractivity contribution in [2.75, 3.05) is 0 Å². The number of hydrogen-bond acceptors (Lipinski definition) is 5. The average Bonchev–Trinajstić information content (AvgIpc) is 2.40. The topological polar surface area (TPSA) is 80.9 Å². The molecule has 0 fully saturated rings. The van der Waals surface area contributed by atoms with E-state index in [-0.39, 0.29) is 0 Å². The zero-order valence-electron chi connectivity index (χ0n) is 9.97. The van der Waals surface area contributed by atoms with Gasteiger partial charge in [0.1, 0.15) is 0 Å². The fourth-order valence-corrected chi connectivity index (χ4v) is 2.37. The molecule has 0 aliphatic carbocycles. The molecule has 0 amide bonds. The zero-order chi connectivity index (χ0) is 13.8. The van der Waals surface area contributed by atoms with Gasteiger partial charge in [0.05, 0.1) is 0 Å². The maximum atomic E-state index is 8.99. The van der Waals surface area contributed by atoms with Gasteiger partial charge >= 0.3 is 14.2 Å². The Morgan fingerprint density at radius 2 is 0.895 bits per heavy atom. The van der Waals surface area contributed by atoms with Crippen LogP contribution in [0.4, 0.5) is 0 Å². The smallest absolute Gasteiger partial charge is 0.423 e. The van der Waals surface area contributed by atoms with E-state index in [1.54, 1.807) is 48.5 Å². The lowest BCUT2D eigenvalue weighted by molar-refractivity contribution is 0.424. The van der Waals surface area contributed by atoms with Gasteiger partial charge in [0.25, 0.3) is 0 Å². The fraction of sp³-hybridized carbons (Fsp3) is 0. The van der Waals surface area contributed by atoms with Crippen LogP contribution in [-0.2, 0) is 0 Å². The summed E-state index contributed by atoms with van der Waals surface area (Å²) in [6.45, 7) is 0. The highest BCUT2D eigenvalue weighted by atomic mass is 32.2. The molecule has 2 rings (SSSR count). The third-order valence-corrected chi connectivity index (χ3v) is 3.61. The molecule has 0 heterocycles. The minimum atomic E-state index is -1.45. The molecule has 2 aromatic carbocycles. The molecule has 96 valence electrons. The Morgan fingerprint density at radius 1 is 0.579 bits per heavy atom. The molecule has 0 saturated carbocycles. The molecule has 4 nitrogen and oxygen atoms in total. The highest BCUT2D eigenvalue weighted by Gasteiger charge is 2.11. The first-order valence-electron chi connectivity index (χ1n) is 5.66. The van der Waals surface area contributed by atoms with Crippen LogP contribution in [0.2, 0.25) is 0 Å². The highest BCUT2D eigenvalue weighted by Crippen LogP contribution is 2.26. The lowest BCUT2D eigenvalue weighted by Crippen LogP contribution is -2.29. The van der Waals surface area contributed by atoms with Crippen LogP contribution in [0.15, 0.2) is 58.3 Å². The van der Waals surface area contributed by atoms with E-state index in [0.29, 0.717) is 10.9 Å². The summed E-state index contributed by atoms with van der Waals surface area (Å²) in [5.74, 6) is 0. The van der Waals surface area contributed by atoms with Crippen LogP contribution < -0.4 is 10.9 Å². The van der Waals surface area contributed by atoms with E-state index in [1.807, 2.05) is 0 Å². The summed E-state index contributed by atoms with van der Waals surface area (Å²) in [7, 11) is -2.91. The van der Waals surface area contributed by atoms with E-state index in [0.717, 1.165) is 9.79 Å². The molecule has 4 N–H and O–H groups in total. The van der Waals surface area contributed by atoms with Crippen molar-refractivity contribution in [1.29, 1.82) is 0 Å². The van der Waals surface area contributed by atoms with Crippen LogP contribution in [-0.4, -0.2) is 34.3 Å². The molecule has 0 bridgehead atoms. The van der Waals surface area contributed by atoms with Gasteiger partial charge in [0.15, 0.2) is 0 Å². The van der Waals surface area contributed by atoms with Crippen molar-refractivity contribution in [3.8, 4) is 0 Å². The fourth-order valence-electron chi connectivity index (χ4n) is 1.55. The first kappa shape index (κ1) is 14.2. The van der Waals surface area contributed by atoms with E-state index in [4.69, 9.17) is 20.1 Å². The predicted octanol–water partition coefficient (Wildman–Crippen LogP) is -0.803. The van der Waals surface area contributed by atoms with Crippen molar-refractivity contribution in [3.63, 3.8) is 0 Å². The Balaban J connectivity index is 2.08. The lowest BCUT2D eigenvalue weighted by atomic mass is 9.81. The van der Waals surface area contributed by atoms with Crippen molar-refractivity contribution < 1.29 is 20.1 Å². The second kappa shape index (κ2) is 6.27. The quantitative estimate of drug-likeness (QED) is 0.549. The first-order chi connectivity index (χ1) is 9.06. The second-order valence-corrected chi connectivity index (χ2v) is 5.13. The standard InChI is InChI=1S/C12H12B2O4S/c15-13(16)9-1-5-11(6-2-9)19-12-7-3-10(4-8-12)14(17)18/h1-8,15-18H. The maximum Gasteiger partial charge on any atom is 0.488 e. The van der Waals surface area contributed by atoms with Crippen molar-refractivity contribution in [3.05, 3.63) is 48.5 Å². The Morgan fingerprint density at radius 3 is 1.16 bits per heavy atom. The largest absolute Gasteiger partial charge is 0.488 e. The van der Waals surface area contributed by atoms with Gasteiger partial charge in [-0.05, 0) is 35.2 Å². The summed E-state index contributed by atoms with van der Waals surface area (Å²) in [5, 5.41) is 36.0. The highest BCUT2D eigenvalue weighted by molar-refractivity contribution is 7.99. The second-order valence-electron chi connectivity index (χ2n) is 3.99. The Hall–Kier alpha value is -1.24. The summed E-state index contributed by atoms with van der Waals surface area (Å²) in [6, 6.07) is 13.8. The van der Waals surface area contributed by atoms with Crippen molar-refractivity contribution in [1.82, 2.24) is 0 Å². The van der Waals surface area contributed by atoms with Gasteiger partial charge in [-0.2, -0.15) is 0 Å². The Kier molecular flexibility index (Phi) is 4.68. The number of benzene rings is 2. The van der Waals surface area contributed by atoms with Crippen molar-refractivity contribution >= 4 is 36.9 Å². The van der Waals surface area contributed by atoms with Gasteiger partial charge in [0.2, 0.25) is 0 Å². The molecule has 0 aliphatic rings. The van der Waals surface area contributed by atoms with E-state index in [9.17, 15) is 0 Å². The van der Waals surface area contributed by atoms with E-state index in [1.165, 1.54) is 11.8 Å².